The molecule has 1 saturated heterocycles. The van der Waals surface area contributed by atoms with Crippen LogP contribution >= 0.6 is 0 Å². The number of rotatable bonds is 5. The van der Waals surface area contributed by atoms with Gasteiger partial charge in [-0.25, -0.2) is 4.79 Å². The van der Waals surface area contributed by atoms with E-state index in [1.165, 1.54) is 6.08 Å². The molecule has 0 aliphatic carbocycles. The molecule has 26 heavy (non-hydrogen) atoms. The van der Waals surface area contributed by atoms with E-state index < -0.39 is 5.97 Å². The van der Waals surface area contributed by atoms with E-state index in [0.29, 0.717) is 12.0 Å². The first kappa shape index (κ1) is 17.4. The van der Waals surface area contributed by atoms with Gasteiger partial charge in [0.25, 0.3) is 0 Å². The van der Waals surface area contributed by atoms with Crippen molar-refractivity contribution < 1.29 is 14.3 Å². The van der Waals surface area contributed by atoms with Gasteiger partial charge in [-0.1, -0.05) is 24.3 Å². The summed E-state index contributed by atoms with van der Waals surface area (Å²) in [7, 11) is 0. The van der Waals surface area contributed by atoms with E-state index in [0.717, 1.165) is 29.8 Å². The van der Waals surface area contributed by atoms with Gasteiger partial charge in [0, 0.05) is 24.7 Å². The molecule has 5 heteroatoms. The quantitative estimate of drug-likeness (QED) is 0.614. The summed E-state index contributed by atoms with van der Waals surface area (Å²) in [6.45, 7) is 0.917. The zero-order valence-corrected chi connectivity index (χ0v) is 14.2. The van der Waals surface area contributed by atoms with Gasteiger partial charge in [0.1, 0.15) is 6.61 Å². The number of anilines is 1. The van der Waals surface area contributed by atoms with Crippen molar-refractivity contribution in [1.82, 2.24) is 0 Å². The minimum absolute atomic E-state index is 0.152. The maximum Gasteiger partial charge on any atom is 0.331 e. The standard InChI is InChI=1S/C21H18N2O3/c22-14-17-3-5-18(6-4-17)15-26-21(25)12-9-16-7-10-19(11-8-16)23-13-1-2-20(23)24/h3-12H,1-2,13,15H2/b12-9+. The molecule has 0 saturated carbocycles. The summed E-state index contributed by atoms with van der Waals surface area (Å²) in [6.07, 6.45) is 4.55. The monoisotopic (exact) mass is 346 g/mol. The first-order chi connectivity index (χ1) is 12.7. The van der Waals surface area contributed by atoms with Crippen LogP contribution in [0.5, 0.6) is 0 Å². The van der Waals surface area contributed by atoms with Crippen molar-refractivity contribution in [2.45, 2.75) is 19.4 Å². The van der Waals surface area contributed by atoms with Gasteiger partial charge < -0.3 is 9.64 Å². The summed E-state index contributed by atoms with van der Waals surface area (Å²) in [5, 5.41) is 8.75. The number of benzene rings is 2. The maximum absolute atomic E-state index is 11.8. The lowest BCUT2D eigenvalue weighted by Gasteiger charge is -2.15. The van der Waals surface area contributed by atoms with E-state index >= 15 is 0 Å². The smallest absolute Gasteiger partial charge is 0.331 e. The Bertz CT molecular complexity index is 862. The fourth-order valence-corrected chi connectivity index (χ4v) is 2.73. The second-order valence-electron chi connectivity index (χ2n) is 5.99. The molecule has 0 aromatic heterocycles. The Morgan fingerprint density at radius 3 is 2.50 bits per heavy atom. The van der Waals surface area contributed by atoms with Crippen molar-refractivity contribution in [3.05, 3.63) is 71.3 Å². The molecule has 0 bridgehead atoms. The van der Waals surface area contributed by atoms with Crippen molar-refractivity contribution in [2.75, 3.05) is 11.4 Å². The third kappa shape index (κ3) is 4.37. The normalized spacial score (nSPS) is 13.8. The molecule has 1 aliphatic rings. The Morgan fingerprint density at radius 2 is 1.88 bits per heavy atom. The fourth-order valence-electron chi connectivity index (χ4n) is 2.73. The molecule has 2 aromatic carbocycles. The topological polar surface area (TPSA) is 70.4 Å². The van der Waals surface area contributed by atoms with E-state index in [1.54, 1.807) is 35.2 Å². The first-order valence-corrected chi connectivity index (χ1v) is 8.40. The number of nitriles is 1. The van der Waals surface area contributed by atoms with E-state index in [1.807, 2.05) is 30.3 Å². The summed E-state index contributed by atoms with van der Waals surface area (Å²) in [6, 6.07) is 16.4. The molecule has 130 valence electrons. The third-order valence-corrected chi connectivity index (χ3v) is 4.15. The lowest BCUT2D eigenvalue weighted by molar-refractivity contribution is -0.138. The second kappa shape index (κ2) is 8.13. The molecule has 0 atom stereocenters. The Hall–Kier alpha value is -3.39. The molecule has 3 rings (SSSR count). The highest BCUT2D eigenvalue weighted by atomic mass is 16.5. The minimum Gasteiger partial charge on any atom is -0.458 e. The number of amides is 1. The Balaban J connectivity index is 1.52. The van der Waals surface area contributed by atoms with Gasteiger partial charge >= 0.3 is 5.97 Å². The second-order valence-corrected chi connectivity index (χ2v) is 5.99. The lowest BCUT2D eigenvalue weighted by Crippen LogP contribution is -2.23. The largest absolute Gasteiger partial charge is 0.458 e. The number of carbonyl (C=O) groups is 2. The summed E-state index contributed by atoms with van der Waals surface area (Å²) < 4.78 is 5.18. The van der Waals surface area contributed by atoms with Crippen LogP contribution in [-0.2, 0) is 20.9 Å². The van der Waals surface area contributed by atoms with Crippen LogP contribution in [0.15, 0.2) is 54.6 Å². The van der Waals surface area contributed by atoms with Gasteiger partial charge in [0.05, 0.1) is 11.6 Å². The molecule has 1 amide bonds. The molecule has 1 fully saturated rings. The highest BCUT2D eigenvalue weighted by molar-refractivity contribution is 5.95. The molecule has 2 aromatic rings. The number of hydrogen-bond acceptors (Lipinski definition) is 4. The van der Waals surface area contributed by atoms with Crippen LogP contribution in [0.3, 0.4) is 0 Å². The minimum atomic E-state index is -0.437. The van der Waals surface area contributed by atoms with E-state index in [-0.39, 0.29) is 12.5 Å². The molecule has 1 aliphatic heterocycles. The van der Waals surface area contributed by atoms with Crippen molar-refractivity contribution in [2.24, 2.45) is 0 Å². The molecule has 5 nitrogen and oxygen atoms in total. The van der Waals surface area contributed by atoms with Crippen molar-refractivity contribution >= 4 is 23.6 Å². The average Bonchev–Trinajstić information content (AvgIpc) is 3.11. The summed E-state index contributed by atoms with van der Waals surface area (Å²) >= 11 is 0. The zero-order valence-electron chi connectivity index (χ0n) is 14.2. The number of ether oxygens (including phenoxy) is 1. The molecule has 0 unspecified atom stereocenters. The van der Waals surface area contributed by atoms with E-state index in [4.69, 9.17) is 10.00 Å². The van der Waals surface area contributed by atoms with Crippen molar-refractivity contribution in [3.8, 4) is 6.07 Å². The molecule has 1 heterocycles. The predicted octanol–water partition coefficient (Wildman–Crippen LogP) is 3.44. The van der Waals surface area contributed by atoms with Gasteiger partial charge in [0.15, 0.2) is 0 Å². The summed E-state index contributed by atoms with van der Waals surface area (Å²) in [4.78, 5) is 25.3. The number of nitrogens with zero attached hydrogens (tertiary/aromatic N) is 2. The van der Waals surface area contributed by atoms with Crippen LogP contribution < -0.4 is 4.90 Å². The Morgan fingerprint density at radius 1 is 1.15 bits per heavy atom. The SMILES string of the molecule is N#Cc1ccc(COC(=O)/C=C/c2ccc(N3CCCC3=O)cc2)cc1. The predicted molar refractivity (Wildman–Crippen MR) is 98.0 cm³/mol. The summed E-state index contributed by atoms with van der Waals surface area (Å²) in [5.41, 5.74) is 3.13. The van der Waals surface area contributed by atoms with Crippen LogP contribution in [0.2, 0.25) is 0 Å². The molecular formula is C21H18N2O3. The van der Waals surface area contributed by atoms with Crippen LogP contribution in [0.25, 0.3) is 6.08 Å². The highest BCUT2D eigenvalue weighted by Gasteiger charge is 2.21. The summed E-state index contributed by atoms with van der Waals surface area (Å²) in [5.74, 6) is -0.284. The van der Waals surface area contributed by atoms with Crippen LogP contribution in [0.4, 0.5) is 5.69 Å². The van der Waals surface area contributed by atoms with Crippen molar-refractivity contribution in [3.63, 3.8) is 0 Å². The Kier molecular flexibility index (Phi) is 5.45. The molecule has 0 radical (unpaired) electrons. The van der Waals surface area contributed by atoms with Gasteiger partial charge in [-0.3, -0.25) is 4.79 Å². The highest BCUT2D eigenvalue weighted by Crippen LogP contribution is 2.21. The number of hydrogen-bond donors (Lipinski definition) is 0. The molecule has 0 spiro atoms. The molecular weight excluding hydrogens is 328 g/mol. The number of esters is 1. The van der Waals surface area contributed by atoms with E-state index in [9.17, 15) is 9.59 Å². The fraction of sp³-hybridized carbons (Fsp3) is 0.190. The van der Waals surface area contributed by atoms with Crippen LogP contribution in [0, 0.1) is 11.3 Å². The third-order valence-electron chi connectivity index (χ3n) is 4.15. The van der Waals surface area contributed by atoms with Gasteiger partial charge in [-0.15, -0.1) is 0 Å². The Labute approximate surface area is 152 Å². The average molecular weight is 346 g/mol. The van der Waals surface area contributed by atoms with Crippen LogP contribution in [0.1, 0.15) is 29.5 Å². The lowest BCUT2D eigenvalue weighted by atomic mass is 10.1. The van der Waals surface area contributed by atoms with E-state index in [2.05, 4.69) is 0 Å². The zero-order chi connectivity index (χ0) is 18.4. The van der Waals surface area contributed by atoms with Gasteiger partial charge in [0.2, 0.25) is 5.91 Å². The van der Waals surface area contributed by atoms with Gasteiger partial charge in [-0.05, 0) is 47.9 Å². The maximum atomic E-state index is 11.8. The first-order valence-electron chi connectivity index (χ1n) is 8.40. The molecule has 0 N–H and O–H groups in total. The van der Waals surface area contributed by atoms with Gasteiger partial charge in [-0.2, -0.15) is 5.26 Å². The van der Waals surface area contributed by atoms with Crippen LogP contribution in [-0.4, -0.2) is 18.4 Å². The van der Waals surface area contributed by atoms with Crippen molar-refractivity contribution in [1.29, 1.82) is 5.26 Å². The number of carbonyl (C=O) groups excluding carboxylic acids is 2.